The van der Waals surface area contributed by atoms with E-state index in [-0.39, 0.29) is 0 Å². The molecule has 0 amide bonds. The molecular formula is C10H12O8. The Morgan fingerprint density at radius 1 is 1.00 bits per heavy atom. The maximum Gasteiger partial charge on any atom is 0.337 e. The van der Waals surface area contributed by atoms with Crippen LogP contribution in [0, 0.1) is 0 Å². The van der Waals surface area contributed by atoms with Crippen molar-refractivity contribution in [3.63, 3.8) is 0 Å². The molecule has 0 saturated carbocycles. The molecule has 4 unspecified atom stereocenters. The number of carbonyl (C=O) groups excluding carboxylic acids is 2. The Morgan fingerprint density at radius 2 is 1.56 bits per heavy atom. The number of hydrogen-bond donors (Lipinski definition) is 1. The van der Waals surface area contributed by atoms with Gasteiger partial charge in [0.25, 0.3) is 0 Å². The minimum absolute atomic E-state index is 0.589. The highest BCUT2D eigenvalue weighted by atomic mass is 16.8. The van der Waals surface area contributed by atoms with Gasteiger partial charge in [0.1, 0.15) is 0 Å². The fraction of sp³-hybridized carbons (Fsp3) is 0.700. The van der Waals surface area contributed by atoms with Crippen molar-refractivity contribution in [2.45, 2.75) is 44.6 Å². The molecule has 0 bridgehead atoms. The molecule has 2 aliphatic rings. The number of carboxylic acid groups (broad SMARTS) is 1. The number of carbonyl (C=O) groups is 3. The third-order valence-corrected chi connectivity index (χ3v) is 2.56. The zero-order valence-corrected chi connectivity index (χ0v) is 9.69. The molecule has 2 aliphatic heterocycles. The van der Waals surface area contributed by atoms with Gasteiger partial charge in [0, 0.05) is 13.8 Å². The minimum atomic E-state index is -1.41. The van der Waals surface area contributed by atoms with Gasteiger partial charge >= 0.3 is 17.9 Å². The molecule has 100 valence electrons. The first-order valence-corrected chi connectivity index (χ1v) is 5.28. The summed E-state index contributed by atoms with van der Waals surface area (Å²) in [5.74, 6) is -2.61. The number of hydrogen-bond acceptors (Lipinski definition) is 7. The molecule has 0 spiro atoms. The van der Waals surface area contributed by atoms with Crippen molar-refractivity contribution >= 4 is 17.9 Å². The Labute approximate surface area is 102 Å². The highest BCUT2D eigenvalue weighted by Gasteiger charge is 2.61. The van der Waals surface area contributed by atoms with E-state index in [1.165, 1.54) is 6.92 Å². The Kier molecular flexibility index (Phi) is 3.22. The van der Waals surface area contributed by atoms with Crippen LogP contribution in [0.2, 0.25) is 0 Å². The number of carboxylic acids is 1. The van der Waals surface area contributed by atoms with Crippen LogP contribution < -0.4 is 0 Å². The second kappa shape index (κ2) is 4.54. The molecule has 0 aromatic heterocycles. The molecule has 2 heterocycles. The average Bonchev–Trinajstić information content (AvgIpc) is 2.98. The molecule has 0 radical (unpaired) electrons. The Hall–Kier alpha value is -1.67. The first kappa shape index (κ1) is 12.8. The van der Waals surface area contributed by atoms with Gasteiger partial charge in [-0.15, -0.1) is 0 Å². The highest BCUT2D eigenvalue weighted by Crippen LogP contribution is 2.38. The van der Waals surface area contributed by atoms with Gasteiger partial charge in [-0.2, -0.15) is 0 Å². The second-order valence-corrected chi connectivity index (χ2v) is 4.01. The van der Waals surface area contributed by atoms with Crippen molar-refractivity contribution in [3.8, 4) is 0 Å². The van der Waals surface area contributed by atoms with Gasteiger partial charge in [-0.25, -0.2) is 4.79 Å². The van der Waals surface area contributed by atoms with Gasteiger partial charge in [0.15, 0.2) is 30.7 Å². The van der Waals surface area contributed by atoms with E-state index in [1.807, 2.05) is 0 Å². The zero-order valence-electron chi connectivity index (χ0n) is 9.69. The SMILES string of the molecule is CC(=O)OC1C2OC2OC(C(=O)O)[C@H]1OC(C)=O. The average molecular weight is 260 g/mol. The van der Waals surface area contributed by atoms with Crippen LogP contribution in [-0.2, 0) is 33.3 Å². The minimum Gasteiger partial charge on any atom is -0.479 e. The van der Waals surface area contributed by atoms with Crippen LogP contribution in [0.4, 0.5) is 0 Å². The molecule has 5 atom stereocenters. The molecule has 1 N–H and O–H groups in total. The van der Waals surface area contributed by atoms with E-state index >= 15 is 0 Å². The smallest absolute Gasteiger partial charge is 0.337 e. The normalized spacial score (nSPS) is 37.3. The van der Waals surface area contributed by atoms with Crippen molar-refractivity contribution in [2.24, 2.45) is 0 Å². The maximum absolute atomic E-state index is 11.0. The van der Waals surface area contributed by atoms with Crippen LogP contribution in [0.3, 0.4) is 0 Å². The third kappa shape index (κ3) is 2.44. The van der Waals surface area contributed by atoms with Crippen molar-refractivity contribution in [3.05, 3.63) is 0 Å². The van der Waals surface area contributed by atoms with Crippen LogP contribution >= 0.6 is 0 Å². The summed E-state index contributed by atoms with van der Waals surface area (Å²) in [6.07, 6.45) is -4.92. The number of epoxide rings is 1. The molecule has 8 heteroatoms. The number of fused-ring (bicyclic) bond motifs is 1. The molecule has 0 aliphatic carbocycles. The zero-order chi connectivity index (χ0) is 13.4. The summed E-state index contributed by atoms with van der Waals surface area (Å²) in [6.45, 7) is 2.30. The molecule has 8 nitrogen and oxygen atoms in total. The predicted octanol–water partition coefficient (Wildman–Crippen LogP) is -0.942. The lowest BCUT2D eigenvalue weighted by Gasteiger charge is -2.31. The van der Waals surface area contributed by atoms with Crippen LogP contribution in [0.5, 0.6) is 0 Å². The van der Waals surface area contributed by atoms with Crippen LogP contribution in [0.25, 0.3) is 0 Å². The fourth-order valence-corrected chi connectivity index (χ4v) is 1.88. The van der Waals surface area contributed by atoms with Crippen molar-refractivity contribution in [1.29, 1.82) is 0 Å². The summed E-state index contributed by atoms with van der Waals surface area (Å²) in [4.78, 5) is 33.0. The van der Waals surface area contributed by atoms with Crippen LogP contribution in [0.1, 0.15) is 13.8 Å². The molecular weight excluding hydrogens is 248 g/mol. The Morgan fingerprint density at radius 3 is 2.06 bits per heavy atom. The molecule has 2 saturated heterocycles. The summed E-state index contributed by atoms with van der Waals surface area (Å²) < 4.78 is 19.9. The quantitative estimate of drug-likeness (QED) is 0.511. The van der Waals surface area contributed by atoms with Crippen LogP contribution in [-0.4, -0.2) is 53.7 Å². The number of rotatable bonds is 3. The van der Waals surface area contributed by atoms with Crippen molar-refractivity contribution < 1.29 is 38.4 Å². The first-order valence-electron chi connectivity index (χ1n) is 5.28. The van der Waals surface area contributed by atoms with Crippen LogP contribution in [0.15, 0.2) is 0 Å². The monoisotopic (exact) mass is 260 g/mol. The first-order chi connectivity index (χ1) is 8.40. The fourth-order valence-electron chi connectivity index (χ4n) is 1.88. The van der Waals surface area contributed by atoms with E-state index in [4.69, 9.17) is 24.1 Å². The summed E-state index contributed by atoms with van der Waals surface area (Å²) in [6, 6.07) is 0. The van der Waals surface area contributed by atoms with Gasteiger partial charge in [0.2, 0.25) is 0 Å². The van der Waals surface area contributed by atoms with E-state index in [2.05, 4.69) is 0 Å². The molecule has 18 heavy (non-hydrogen) atoms. The van der Waals surface area contributed by atoms with Gasteiger partial charge in [-0.05, 0) is 0 Å². The second-order valence-electron chi connectivity index (χ2n) is 4.01. The van der Waals surface area contributed by atoms with Crippen molar-refractivity contribution in [1.82, 2.24) is 0 Å². The summed E-state index contributed by atoms with van der Waals surface area (Å²) in [5, 5.41) is 9.00. The highest BCUT2D eigenvalue weighted by molar-refractivity contribution is 5.75. The summed E-state index contributed by atoms with van der Waals surface area (Å²) in [7, 11) is 0. The summed E-state index contributed by atoms with van der Waals surface area (Å²) in [5.41, 5.74) is 0. The Bertz CT molecular complexity index is 391. The number of esters is 2. The van der Waals surface area contributed by atoms with E-state index < -0.39 is 48.6 Å². The number of aliphatic carboxylic acids is 1. The van der Waals surface area contributed by atoms with E-state index in [0.29, 0.717) is 0 Å². The molecule has 2 fully saturated rings. The summed E-state index contributed by atoms with van der Waals surface area (Å²) >= 11 is 0. The van der Waals surface area contributed by atoms with E-state index in [1.54, 1.807) is 0 Å². The topological polar surface area (TPSA) is 112 Å². The molecule has 2 rings (SSSR count). The number of ether oxygens (including phenoxy) is 4. The third-order valence-electron chi connectivity index (χ3n) is 2.56. The lowest BCUT2D eigenvalue weighted by atomic mass is 10.0. The lowest BCUT2D eigenvalue weighted by molar-refractivity contribution is -0.199. The largest absolute Gasteiger partial charge is 0.479 e. The van der Waals surface area contributed by atoms with Gasteiger partial charge in [-0.3, -0.25) is 9.59 Å². The van der Waals surface area contributed by atoms with Gasteiger partial charge in [0.05, 0.1) is 0 Å². The van der Waals surface area contributed by atoms with Gasteiger partial charge < -0.3 is 24.1 Å². The standard InChI is InChI=1S/C10H12O8/c1-3(11)15-5-6(16-4(2)12)8-10(18-8)17-7(5)9(13)14/h5-8,10H,1-2H3,(H,13,14)/t5-,6?,7?,8?,10?/m0/s1. The maximum atomic E-state index is 11.0. The van der Waals surface area contributed by atoms with E-state index in [9.17, 15) is 14.4 Å². The lowest BCUT2D eigenvalue weighted by Crippen LogP contribution is -2.54. The van der Waals surface area contributed by atoms with Crippen molar-refractivity contribution in [2.75, 3.05) is 0 Å². The molecule has 0 aromatic rings. The van der Waals surface area contributed by atoms with E-state index in [0.717, 1.165) is 6.92 Å². The Balaban J connectivity index is 2.19. The molecule has 0 aromatic carbocycles. The van der Waals surface area contributed by atoms with Gasteiger partial charge in [-0.1, -0.05) is 0 Å². The predicted molar refractivity (Wildman–Crippen MR) is 52.3 cm³/mol.